The second kappa shape index (κ2) is 14.7. The molecule has 0 spiro atoms. The third-order valence-corrected chi connectivity index (χ3v) is 5.72. The summed E-state index contributed by atoms with van der Waals surface area (Å²) in [5, 5.41) is 6.27. The van der Waals surface area contributed by atoms with E-state index in [2.05, 4.69) is 15.6 Å². The van der Waals surface area contributed by atoms with Crippen LogP contribution < -0.4 is 30.6 Å². The summed E-state index contributed by atoms with van der Waals surface area (Å²) >= 11 is 0. The number of rotatable bonds is 15. The Bertz CT molecular complexity index is 1110. The van der Waals surface area contributed by atoms with Gasteiger partial charge in [0.05, 0.1) is 27.9 Å². The molecular weight excluding hydrogens is 472 g/mol. The van der Waals surface area contributed by atoms with Crippen molar-refractivity contribution in [1.29, 1.82) is 0 Å². The number of carbonyl (C=O) groups excluding carboxylic acids is 1. The van der Waals surface area contributed by atoms with E-state index in [0.717, 1.165) is 43.5 Å². The van der Waals surface area contributed by atoms with Gasteiger partial charge in [-0.25, -0.2) is 4.98 Å². The fraction of sp³-hybridized carbons (Fsp3) is 0.357. The highest BCUT2D eigenvalue weighted by atomic mass is 16.5. The Labute approximate surface area is 218 Å². The van der Waals surface area contributed by atoms with Gasteiger partial charge in [0.2, 0.25) is 5.75 Å². The van der Waals surface area contributed by atoms with E-state index < -0.39 is 0 Å². The number of amides is 1. The highest BCUT2D eigenvalue weighted by molar-refractivity contribution is 6.04. The maximum atomic E-state index is 12.4. The lowest BCUT2D eigenvalue weighted by atomic mass is 10.1. The number of nitrogens with one attached hydrogen (secondary N) is 2. The molecule has 9 heteroatoms. The number of benzene rings is 2. The zero-order chi connectivity index (χ0) is 26.5. The number of nitrogen functional groups attached to an aromatic ring is 1. The molecule has 1 amide bonds. The molecule has 4 N–H and O–H groups in total. The molecule has 9 nitrogen and oxygen atoms in total. The third-order valence-electron chi connectivity index (χ3n) is 5.72. The molecule has 1 aromatic heterocycles. The van der Waals surface area contributed by atoms with Crippen LogP contribution in [0.1, 0.15) is 40.7 Å². The Morgan fingerprint density at radius 2 is 1.62 bits per heavy atom. The fourth-order valence-corrected chi connectivity index (χ4v) is 3.78. The molecule has 0 aliphatic heterocycles. The lowest BCUT2D eigenvalue weighted by Crippen LogP contribution is -2.15. The van der Waals surface area contributed by atoms with Gasteiger partial charge in [-0.2, -0.15) is 0 Å². The minimum absolute atomic E-state index is 0.183. The predicted octanol–water partition coefficient (Wildman–Crippen LogP) is 4.42. The van der Waals surface area contributed by atoms with E-state index in [4.69, 9.17) is 24.7 Å². The molecule has 3 rings (SSSR count). The standard InChI is InChI=1S/C28H36N4O5/c1-34-24-15-21(16-25(35-2)27(24)36-3)19-37-14-6-4-5-12-30-18-20-7-9-22(10-8-20)28(33)32-23-11-13-31-26(29)17-23/h7-11,13,15-17,30H,4-6,12,14,18-19H2,1-3H3,(H3,29,31,32,33). The summed E-state index contributed by atoms with van der Waals surface area (Å²) in [5.41, 5.74) is 8.96. The van der Waals surface area contributed by atoms with Crippen LogP contribution in [0, 0.1) is 0 Å². The summed E-state index contributed by atoms with van der Waals surface area (Å²) in [5.74, 6) is 2.01. The average Bonchev–Trinajstić information content (AvgIpc) is 2.91. The number of nitrogens with zero attached hydrogens (tertiary/aromatic N) is 1. The minimum Gasteiger partial charge on any atom is -0.493 e. The van der Waals surface area contributed by atoms with Crippen molar-refractivity contribution in [3.05, 3.63) is 71.4 Å². The van der Waals surface area contributed by atoms with Crippen LogP contribution in [0.5, 0.6) is 17.2 Å². The Kier molecular flexibility index (Phi) is 11.0. The summed E-state index contributed by atoms with van der Waals surface area (Å²) < 4.78 is 21.9. The first-order valence-corrected chi connectivity index (χ1v) is 12.2. The Hall–Kier alpha value is -3.82. The largest absolute Gasteiger partial charge is 0.493 e. The Morgan fingerprint density at radius 1 is 0.892 bits per heavy atom. The summed E-state index contributed by atoms with van der Waals surface area (Å²) in [6, 6.07) is 14.7. The number of aromatic nitrogens is 1. The summed E-state index contributed by atoms with van der Waals surface area (Å²) in [4.78, 5) is 16.3. The molecule has 0 unspecified atom stereocenters. The zero-order valence-corrected chi connectivity index (χ0v) is 21.7. The van der Waals surface area contributed by atoms with Gasteiger partial charge in [-0.15, -0.1) is 0 Å². The van der Waals surface area contributed by atoms with Gasteiger partial charge < -0.3 is 35.3 Å². The number of ether oxygens (including phenoxy) is 4. The van der Waals surface area contributed by atoms with Gasteiger partial charge in [0, 0.05) is 36.7 Å². The normalized spacial score (nSPS) is 10.7. The second-order valence-electron chi connectivity index (χ2n) is 8.44. The maximum Gasteiger partial charge on any atom is 0.255 e. The van der Waals surface area contributed by atoms with Crippen molar-refractivity contribution in [3.8, 4) is 17.2 Å². The van der Waals surface area contributed by atoms with Gasteiger partial charge in [-0.05, 0) is 67.3 Å². The smallest absolute Gasteiger partial charge is 0.255 e. The Balaban J connectivity index is 1.28. The van der Waals surface area contributed by atoms with Crippen molar-refractivity contribution >= 4 is 17.4 Å². The molecule has 2 aromatic carbocycles. The average molecular weight is 509 g/mol. The molecule has 0 aliphatic carbocycles. The molecule has 37 heavy (non-hydrogen) atoms. The number of methoxy groups -OCH3 is 3. The molecule has 3 aromatic rings. The molecule has 198 valence electrons. The van der Waals surface area contributed by atoms with Crippen LogP contribution in [-0.4, -0.2) is 45.4 Å². The van der Waals surface area contributed by atoms with Crippen molar-refractivity contribution in [2.45, 2.75) is 32.4 Å². The van der Waals surface area contributed by atoms with Gasteiger partial charge in [0.25, 0.3) is 5.91 Å². The van der Waals surface area contributed by atoms with Gasteiger partial charge in [0.1, 0.15) is 5.82 Å². The van der Waals surface area contributed by atoms with Gasteiger partial charge in [-0.1, -0.05) is 12.1 Å². The first kappa shape index (κ1) is 27.8. The highest BCUT2D eigenvalue weighted by Crippen LogP contribution is 2.38. The predicted molar refractivity (Wildman–Crippen MR) is 144 cm³/mol. The number of unbranched alkanes of at least 4 members (excludes halogenated alkanes) is 2. The van der Waals surface area contributed by atoms with E-state index >= 15 is 0 Å². The van der Waals surface area contributed by atoms with Crippen molar-refractivity contribution in [2.24, 2.45) is 0 Å². The second-order valence-corrected chi connectivity index (χ2v) is 8.44. The Morgan fingerprint density at radius 3 is 2.27 bits per heavy atom. The molecule has 1 heterocycles. The fourth-order valence-electron chi connectivity index (χ4n) is 3.78. The van der Waals surface area contributed by atoms with E-state index in [1.165, 1.54) is 0 Å². The SMILES string of the molecule is COc1cc(COCCCCCNCc2ccc(C(=O)Nc3ccnc(N)c3)cc2)cc(OC)c1OC. The van der Waals surface area contributed by atoms with E-state index in [0.29, 0.717) is 47.5 Å². The van der Waals surface area contributed by atoms with Crippen molar-refractivity contribution in [1.82, 2.24) is 10.3 Å². The third kappa shape index (κ3) is 8.66. The highest BCUT2D eigenvalue weighted by Gasteiger charge is 2.13. The van der Waals surface area contributed by atoms with Crippen LogP contribution in [0.2, 0.25) is 0 Å². The number of hydrogen-bond donors (Lipinski definition) is 3. The molecule has 0 radical (unpaired) electrons. The molecular formula is C28H36N4O5. The van der Waals surface area contributed by atoms with Crippen LogP contribution >= 0.6 is 0 Å². The number of anilines is 2. The number of pyridine rings is 1. The van der Waals surface area contributed by atoms with Gasteiger partial charge in [0.15, 0.2) is 11.5 Å². The van der Waals surface area contributed by atoms with Crippen molar-refractivity contribution in [3.63, 3.8) is 0 Å². The molecule has 0 saturated heterocycles. The summed E-state index contributed by atoms with van der Waals surface area (Å²) in [7, 11) is 4.79. The summed E-state index contributed by atoms with van der Waals surface area (Å²) in [6.07, 6.45) is 4.67. The van der Waals surface area contributed by atoms with Gasteiger partial charge >= 0.3 is 0 Å². The van der Waals surface area contributed by atoms with E-state index in [1.54, 1.807) is 39.7 Å². The van der Waals surface area contributed by atoms with E-state index in [1.807, 2.05) is 36.4 Å². The first-order valence-electron chi connectivity index (χ1n) is 12.2. The van der Waals surface area contributed by atoms with E-state index in [9.17, 15) is 4.79 Å². The topological polar surface area (TPSA) is 117 Å². The van der Waals surface area contributed by atoms with Crippen molar-refractivity contribution < 1.29 is 23.7 Å². The molecule has 0 atom stereocenters. The number of hydrogen-bond acceptors (Lipinski definition) is 8. The number of carbonyl (C=O) groups is 1. The number of nitrogens with two attached hydrogens (primary N) is 1. The lowest BCUT2D eigenvalue weighted by Gasteiger charge is -2.14. The van der Waals surface area contributed by atoms with Crippen LogP contribution in [0.25, 0.3) is 0 Å². The van der Waals surface area contributed by atoms with Crippen LogP contribution in [0.4, 0.5) is 11.5 Å². The summed E-state index contributed by atoms with van der Waals surface area (Å²) in [6.45, 7) is 2.84. The molecule has 0 saturated carbocycles. The quantitative estimate of drug-likeness (QED) is 0.258. The molecule has 0 fully saturated rings. The molecule has 0 aliphatic rings. The van der Waals surface area contributed by atoms with Gasteiger partial charge in [-0.3, -0.25) is 4.79 Å². The molecule has 0 bridgehead atoms. The first-order chi connectivity index (χ1) is 18.0. The lowest BCUT2D eigenvalue weighted by molar-refractivity contribution is 0.102. The maximum absolute atomic E-state index is 12.4. The van der Waals surface area contributed by atoms with E-state index in [-0.39, 0.29) is 5.91 Å². The van der Waals surface area contributed by atoms with Crippen molar-refractivity contribution in [2.75, 3.05) is 45.5 Å². The minimum atomic E-state index is -0.183. The van der Waals surface area contributed by atoms with Crippen LogP contribution in [-0.2, 0) is 17.9 Å². The zero-order valence-electron chi connectivity index (χ0n) is 21.7. The monoisotopic (exact) mass is 508 g/mol. The van der Waals surface area contributed by atoms with Crippen LogP contribution in [0.15, 0.2) is 54.7 Å². The van der Waals surface area contributed by atoms with Crippen LogP contribution in [0.3, 0.4) is 0 Å².